The quantitative estimate of drug-likeness (QED) is 0.417. The molecule has 5 heteroatoms. The van der Waals surface area contributed by atoms with Crippen LogP contribution in [0.3, 0.4) is 0 Å². The van der Waals surface area contributed by atoms with Crippen LogP contribution in [0.1, 0.15) is 73.0 Å². The third kappa shape index (κ3) is 5.11. The van der Waals surface area contributed by atoms with Crippen LogP contribution in [0.4, 0.5) is 0 Å². The molecule has 0 saturated carbocycles. The van der Waals surface area contributed by atoms with E-state index < -0.39 is 0 Å². The fraction of sp³-hybridized carbons (Fsp3) is 0.419. The maximum atomic E-state index is 13.4. The zero-order chi connectivity index (χ0) is 25.1. The number of ether oxygens (including phenoxy) is 2. The van der Waals surface area contributed by atoms with E-state index in [9.17, 15) is 4.79 Å². The molecule has 2 aromatic carbocycles. The number of fused-ring (bicyclic) bond motifs is 1. The number of hydrogen-bond acceptors (Lipinski definition) is 4. The van der Waals surface area contributed by atoms with E-state index in [-0.39, 0.29) is 17.6 Å². The lowest BCUT2D eigenvalue weighted by molar-refractivity contribution is -0.0180. The second-order valence-corrected chi connectivity index (χ2v) is 10.4. The summed E-state index contributed by atoms with van der Waals surface area (Å²) in [5.74, 6) is 2.34. The molecule has 0 radical (unpaired) electrons. The minimum absolute atomic E-state index is 0.0961. The van der Waals surface area contributed by atoms with Crippen molar-refractivity contribution >= 4 is 5.91 Å². The normalized spacial score (nSPS) is 18.6. The van der Waals surface area contributed by atoms with Gasteiger partial charge >= 0.3 is 0 Å². The SMILES string of the molecule is CCc1cc(C(=O)N2CCC3(CC2)CC(Cc2cccnc2)c2ccccc2O3)ccc1OC(C)C. The number of para-hydroxylation sites is 1. The van der Waals surface area contributed by atoms with Crippen molar-refractivity contribution in [2.75, 3.05) is 13.1 Å². The predicted molar refractivity (Wildman–Crippen MR) is 142 cm³/mol. The molecule has 2 aliphatic rings. The van der Waals surface area contributed by atoms with Gasteiger partial charge in [0.1, 0.15) is 17.1 Å². The number of aromatic nitrogens is 1. The minimum Gasteiger partial charge on any atom is -0.491 e. The molecule has 3 aromatic rings. The van der Waals surface area contributed by atoms with E-state index in [2.05, 4.69) is 42.2 Å². The van der Waals surface area contributed by atoms with E-state index in [4.69, 9.17) is 9.47 Å². The van der Waals surface area contributed by atoms with Crippen molar-refractivity contribution in [3.8, 4) is 11.5 Å². The molecule has 0 aliphatic carbocycles. The summed E-state index contributed by atoms with van der Waals surface area (Å²) in [5, 5.41) is 0. The Hall–Kier alpha value is -3.34. The van der Waals surface area contributed by atoms with Crippen molar-refractivity contribution in [3.05, 3.63) is 89.2 Å². The van der Waals surface area contributed by atoms with Crippen LogP contribution in [0.2, 0.25) is 0 Å². The first-order valence-electron chi connectivity index (χ1n) is 13.2. The van der Waals surface area contributed by atoms with E-state index in [0.717, 1.165) is 54.7 Å². The summed E-state index contributed by atoms with van der Waals surface area (Å²) >= 11 is 0. The number of nitrogens with zero attached hydrogens (tertiary/aromatic N) is 2. The second-order valence-electron chi connectivity index (χ2n) is 10.4. The standard InChI is InChI=1S/C31H36N2O3/c1-4-24-19-25(11-12-28(24)35-22(2)3)30(34)33-16-13-31(14-17-33)20-26(18-23-8-7-15-32-21-23)27-9-5-6-10-29(27)36-31/h5-12,15,19,21-22,26H,4,13-14,16-18,20H2,1-3H3. The van der Waals surface area contributed by atoms with Crippen LogP contribution >= 0.6 is 0 Å². The predicted octanol–water partition coefficient (Wildman–Crippen LogP) is 6.22. The minimum atomic E-state index is -0.235. The Kier molecular flexibility index (Phi) is 6.99. The third-order valence-corrected chi connectivity index (χ3v) is 7.52. The summed E-state index contributed by atoms with van der Waals surface area (Å²) in [5.41, 5.74) is 4.11. The number of hydrogen-bond donors (Lipinski definition) is 0. The molecule has 5 nitrogen and oxygen atoms in total. The molecule has 2 aliphatic heterocycles. The van der Waals surface area contributed by atoms with Crippen molar-refractivity contribution in [2.45, 2.75) is 70.5 Å². The van der Waals surface area contributed by atoms with E-state index >= 15 is 0 Å². The Morgan fingerprint density at radius 1 is 1.14 bits per heavy atom. The number of rotatable bonds is 6. The van der Waals surface area contributed by atoms with E-state index in [1.54, 1.807) is 0 Å². The highest BCUT2D eigenvalue weighted by Gasteiger charge is 2.44. The summed E-state index contributed by atoms with van der Waals surface area (Å²) in [6, 6.07) is 18.4. The molecular formula is C31H36N2O3. The largest absolute Gasteiger partial charge is 0.491 e. The average Bonchev–Trinajstić information content (AvgIpc) is 2.89. The van der Waals surface area contributed by atoms with Crippen LogP contribution in [0.5, 0.6) is 11.5 Å². The van der Waals surface area contributed by atoms with Crippen LogP contribution < -0.4 is 9.47 Å². The van der Waals surface area contributed by atoms with Gasteiger partial charge in [0.25, 0.3) is 5.91 Å². The molecule has 188 valence electrons. The van der Waals surface area contributed by atoms with Crippen LogP contribution in [-0.2, 0) is 12.8 Å². The Balaban J connectivity index is 1.30. The summed E-state index contributed by atoms with van der Waals surface area (Å²) in [6.07, 6.45) is 8.32. The molecule has 5 rings (SSSR count). The molecule has 0 N–H and O–H groups in total. The van der Waals surface area contributed by atoms with Crippen molar-refractivity contribution in [1.82, 2.24) is 9.88 Å². The van der Waals surface area contributed by atoms with E-state index in [0.29, 0.717) is 19.0 Å². The smallest absolute Gasteiger partial charge is 0.253 e. The lowest BCUT2D eigenvalue weighted by Gasteiger charge is -2.47. The Bertz CT molecular complexity index is 1200. The zero-order valence-corrected chi connectivity index (χ0v) is 21.6. The number of amides is 1. The van der Waals surface area contributed by atoms with Gasteiger partial charge < -0.3 is 14.4 Å². The number of piperidine rings is 1. The van der Waals surface area contributed by atoms with Gasteiger partial charge in [-0.15, -0.1) is 0 Å². The number of pyridine rings is 1. The number of carbonyl (C=O) groups excluding carboxylic acids is 1. The van der Waals surface area contributed by atoms with Gasteiger partial charge in [-0.2, -0.15) is 0 Å². The maximum absolute atomic E-state index is 13.4. The van der Waals surface area contributed by atoms with Gasteiger partial charge in [-0.25, -0.2) is 0 Å². The summed E-state index contributed by atoms with van der Waals surface area (Å²) < 4.78 is 12.6. The highest BCUT2D eigenvalue weighted by Crippen LogP contribution is 2.46. The Morgan fingerprint density at radius 3 is 2.67 bits per heavy atom. The molecule has 1 aromatic heterocycles. The Morgan fingerprint density at radius 2 is 1.94 bits per heavy atom. The zero-order valence-electron chi connectivity index (χ0n) is 21.6. The second kappa shape index (κ2) is 10.3. The van der Waals surface area contributed by atoms with Crippen LogP contribution in [0.15, 0.2) is 67.0 Å². The first-order chi connectivity index (χ1) is 17.5. The summed E-state index contributed by atoms with van der Waals surface area (Å²) in [4.78, 5) is 19.7. The number of aryl methyl sites for hydroxylation is 1. The number of carbonyl (C=O) groups is 1. The number of benzene rings is 2. The molecule has 1 saturated heterocycles. The third-order valence-electron chi connectivity index (χ3n) is 7.52. The summed E-state index contributed by atoms with van der Waals surface area (Å²) in [7, 11) is 0. The van der Waals surface area contributed by atoms with Crippen molar-refractivity contribution < 1.29 is 14.3 Å². The molecule has 0 bridgehead atoms. The molecular weight excluding hydrogens is 448 g/mol. The van der Waals surface area contributed by atoms with Gasteiger partial charge in [-0.1, -0.05) is 31.2 Å². The molecule has 1 atom stereocenters. The summed E-state index contributed by atoms with van der Waals surface area (Å²) in [6.45, 7) is 7.55. The fourth-order valence-electron chi connectivity index (χ4n) is 5.69. The molecule has 1 fully saturated rings. The van der Waals surface area contributed by atoms with Crippen molar-refractivity contribution in [3.63, 3.8) is 0 Å². The Labute approximate surface area is 214 Å². The van der Waals surface area contributed by atoms with Crippen molar-refractivity contribution in [1.29, 1.82) is 0 Å². The molecule has 1 spiro atoms. The van der Waals surface area contributed by atoms with Gasteiger partial charge in [-0.05, 0) is 86.1 Å². The van der Waals surface area contributed by atoms with Gasteiger partial charge in [0, 0.05) is 43.9 Å². The van der Waals surface area contributed by atoms with Crippen LogP contribution in [0.25, 0.3) is 0 Å². The molecule has 36 heavy (non-hydrogen) atoms. The maximum Gasteiger partial charge on any atom is 0.253 e. The lowest BCUT2D eigenvalue weighted by atomic mass is 9.75. The lowest BCUT2D eigenvalue weighted by Crippen LogP contribution is -2.52. The van der Waals surface area contributed by atoms with Gasteiger partial charge in [-0.3, -0.25) is 9.78 Å². The topological polar surface area (TPSA) is 51.7 Å². The van der Waals surface area contributed by atoms with E-state index in [1.165, 1.54) is 11.1 Å². The molecule has 3 heterocycles. The van der Waals surface area contributed by atoms with E-state index in [1.807, 2.05) is 55.4 Å². The molecule has 1 amide bonds. The van der Waals surface area contributed by atoms with Gasteiger partial charge in [0.2, 0.25) is 0 Å². The van der Waals surface area contributed by atoms with Gasteiger partial charge in [0.15, 0.2) is 0 Å². The first-order valence-corrected chi connectivity index (χ1v) is 13.2. The average molecular weight is 485 g/mol. The number of likely N-dealkylation sites (tertiary alicyclic amines) is 1. The highest BCUT2D eigenvalue weighted by molar-refractivity contribution is 5.94. The van der Waals surface area contributed by atoms with Gasteiger partial charge in [0.05, 0.1) is 6.10 Å². The monoisotopic (exact) mass is 484 g/mol. The fourth-order valence-corrected chi connectivity index (χ4v) is 5.69. The van der Waals surface area contributed by atoms with Crippen molar-refractivity contribution in [2.24, 2.45) is 0 Å². The molecule has 1 unspecified atom stereocenters. The highest BCUT2D eigenvalue weighted by atomic mass is 16.5. The van der Waals surface area contributed by atoms with Crippen LogP contribution in [0, 0.1) is 0 Å². The van der Waals surface area contributed by atoms with Crippen LogP contribution in [-0.4, -0.2) is 40.6 Å². The first kappa shape index (κ1) is 24.4.